The number of piperidine rings is 1. The maximum Gasteiger partial charge on any atom is 0.193 e. The zero-order valence-corrected chi connectivity index (χ0v) is 19.2. The number of hydrogen-bond acceptors (Lipinski definition) is 3. The molecule has 0 amide bonds. The second kappa shape index (κ2) is 10.5. The van der Waals surface area contributed by atoms with Crippen molar-refractivity contribution in [1.29, 1.82) is 0 Å². The predicted octanol–water partition coefficient (Wildman–Crippen LogP) is 3.98. The molecule has 2 aliphatic heterocycles. The van der Waals surface area contributed by atoms with Crippen molar-refractivity contribution < 1.29 is 4.42 Å². The van der Waals surface area contributed by atoms with E-state index in [1.54, 1.807) is 0 Å². The first-order valence-electron chi connectivity index (χ1n) is 10.5. The Hall–Kier alpha value is -1.28. The summed E-state index contributed by atoms with van der Waals surface area (Å²) < 4.78 is 5.91. The Labute approximate surface area is 185 Å². The van der Waals surface area contributed by atoms with E-state index in [0.29, 0.717) is 0 Å². The Balaban J connectivity index is 0.00000225. The van der Waals surface area contributed by atoms with Crippen LogP contribution in [0.3, 0.4) is 0 Å². The first-order valence-corrected chi connectivity index (χ1v) is 10.5. The fourth-order valence-corrected chi connectivity index (χ4v) is 4.47. The normalized spacial score (nSPS) is 21.1. The highest BCUT2D eigenvalue weighted by Gasteiger charge is 2.26. The highest BCUT2D eigenvalue weighted by Crippen LogP contribution is 2.21. The van der Waals surface area contributed by atoms with Crippen LogP contribution in [0.4, 0.5) is 0 Å². The predicted molar refractivity (Wildman–Crippen MR) is 127 cm³/mol. The number of benzene rings is 1. The Morgan fingerprint density at radius 3 is 2.79 bits per heavy atom. The zero-order chi connectivity index (χ0) is 18.5. The zero-order valence-electron chi connectivity index (χ0n) is 16.9. The molecule has 1 aromatic carbocycles. The number of likely N-dealkylation sites (tertiary alicyclic amines) is 2. The lowest BCUT2D eigenvalue weighted by atomic mass is 10.1. The minimum atomic E-state index is 0. The summed E-state index contributed by atoms with van der Waals surface area (Å²) >= 11 is 0. The third kappa shape index (κ3) is 5.41. The summed E-state index contributed by atoms with van der Waals surface area (Å²) in [6.45, 7) is 6.93. The Morgan fingerprint density at radius 1 is 1.18 bits per heavy atom. The number of nitrogens with one attached hydrogen (secondary N) is 1. The molecule has 1 aromatic heterocycles. The van der Waals surface area contributed by atoms with Crippen molar-refractivity contribution in [3.63, 3.8) is 0 Å². The van der Waals surface area contributed by atoms with E-state index in [1.165, 1.54) is 50.7 Å². The van der Waals surface area contributed by atoms with Crippen molar-refractivity contribution in [1.82, 2.24) is 15.1 Å². The van der Waals surface area contributed by atoms with Gasteiger partial charge in [0.15, 0.2) is 5.96 Å². The molecule has 4 rings (SSSR count). The number of furan rings is 1. The number of guanidine groups is 1. The van der Waals surface area contributed by atoms with Gasteiger partial charge in [-0.25, -0.2) is 0 Å². The summed E-state index contributed by atoms with van der Waals surface area (Å²) in [6.07, 6.45) is 6.32. The van der Waals surface area contributed by atoms with Crippen LogP contribution in [0.5, 0.6) is 0 Å². The lowest BCUT2D eigenvalue weighted by Crippen LogP contribution is -2.41. The molecule has 6 heteroatoms. The smallest absolute Gasteiger partial charge is 0.193 e. The SMILES string of the molecule is CN=C(NCCc1cc2ccccc2o1)N1CCC(CN2CCCCC2)C1.I. The summed E-state index contributed by atoms with van der Waals surface area (Å²) in [6, 6.07) is 10.3. The van der Waals surface area contributed by atoms with Gasteiger partial charge in [-0.3, -0.25) is 4.99 Å². The molecule has 1 unspecified atom stereocenters. The van der Waals surface area contributed by atoms with Gasteiger partial charge in [-0.15, -0.1) is 24.0 Å². The van der Waals surface area contributed by atoms with Gasteiger partial charge in [-0.1, -0.05) is 24.6 Å². The molecule has 2 fully saturated rings. The van der Waals surface area contributed by atoms with Crippen molar-refractivity contribution >= 4 is 40.9 Å². The van der Waals surface area contributed by atoms with E-state index in [1.807, 2.05) is 19.2 Å². The van der Waals surface area contributed by atoms with Gasteiger partial charge < -0.3 is 19.5 Å². The minimum absolute atomic E-state index is 0. The average molecular weight is 496 g/mol. The lowest BCUT2D eigenvalue weighted by molar-refractivity contribution is 0.198. The molecule has 0 radical (unpaired) electrons. The third-order valence-electron chi connectivity index (χ3n) is 5.89. The molecule has 0 saturated carbocycles. The Morgan fingerprint density at radius 2 is 2.00 bits per heavy atom. The van der Waals surface area contributed by atoms with Crippen LogP contribution in [-0.4, -0.2) is 62.1 Å². The first kappa shape index (κ1) is 21.4. The topological polar surface area (TPSA) is 44.0 Å². The molecule has 154 valence electrons. The fourth-order valence-electron chi connectivity index (χ4n) is 4.47. The maximum absolute atomic E-state index is 5.91. The highest BCUT2D eigenvalue weighted by atomic mass is 127. The van der Waals surface area contributed by atoms with Crippen LogP contribution in [0.15, 0.2) is 39.7 Å². The number of fused-ring (bicyclic) bond motifs is 1. The number of halogens is 1. The molecule has 1 N–H and O–H groups in total. The summed E-state index contributed by atoms with van der Waals surface area (Å²) in [5, 5.41) is 4.71. The summed E-state index contributed by atoms with van der Waals surface area (Å²) in [5.41, 5.74) is 0.969. The van der Waals surface area contributed by atoms with Crippen LogP contribution in [0, 0.1) is 5.92 Å². The molecule has 1 atom stereocenters. The van der Waals surface area contributed by atoms with Gasteiger partial charge >= 0.3 is 0 Å². The third-order valence-corrected chi connectivity index (χ3v) is 5.89. The molecule has 5 nitrogen and oxygen atoms in total. The molecule has 2 saturated heterocycles. The van der Waals surface area contributed by atoms with E-state index in [0.717, 1.165) is 49.3 Å². The fraction of sp³-hybridized carbons (Fsp3) is 0.591. The van der Waals surface area contributed by atoms with Gasteiger partial charge in [0.2, 0.25) is 0 Å². The van der Waals surface area contributed by atoms with Gasteiger partial charge in [0.1, 0.15) is 11.3 Å². The van der Waals surface area contributed by atoms with Gasteiger partial charge in [0.05, 0.1) is 0 Å². The first-order chi connectivity index (χ1) is 13.3. The Kier molecular flexibility index (Phi) is 8.02. The Bertz CT molecular complexity index is 736. The van der Waals surface area contributed by atoms with Crippen molar-refractivity contribution in [2.24, 2.45) is 10.9 Å². The van der Waals surface area contributed by atoms with Crippen molar-refractivity contribution in [3.05, 3.63) is 36.1 Å². The van der Waals surface area contributed by atoms with Gasteiger partial charge in [0.25, 0.3) is 0 Å². The van der Waals surface area contributed by atoms with E-state index < -0.39 is 0 Å². The standard InChI is InChI=1S/C22H32N4O.HI/c1-23-22(24-11-9-20-15-19-7-3-4-8-21(19)27-20)26-14-10-18(17-26)16-25-12-5-2-6-13-25;/h3-4,7-8,15,18H,2,5-6,9-14,16-17H2,1H3,(H,23,24);1H. The molecule has 0 bridgehead atoms. The van der Waals surface area contributed by atoms with E-state index in [2.05, 4.69) is 38.3 Å². The summed E-state index contributed by atoms with van der Waals surface area (Å²) in [4.78, 5) is 9.60. The van der Waals surface area contributed by atoms with Gasteiger partial charge in [-0.05, 0) is 50.4 Å². The molecule has 28 heavy (non-hydrogen) atoms. The lowest BCUT2D eigenvalue weighted by Gasteiger charge is -2.29. The molecule has 2 aromatic rings. The molecule has 3 heterocycles. The van der Waals surface area contributed by atoms with Crippen LogP contribution in [0.2, 0.25) is 0 Å². The highest BCUT2D eigenvalue weighted by molar-refractivity contribution is 14.0. The largest absolute Gasteiger partial charge is 0.461 e. The quantitative estimate of drug-likeness (QED) is 0.387. The van der Waals surface area contributed by atoms with Crippen molar-refractivity contribution in [3.8, 4) is 0 Å². The van der Waals surface area contributed by atoms with Crippen LogP contribution in [0.1, 0.15) is 31.4 Å². The van der Waals surface area contributed by atoms with Gasteiger partial charge in [0, 0.05) is 45.0 Å². The van der Waals surface area contributed by atoms with E-state index in [-0.39, 0.29) is 24.0 Å². The molecule has 0 aliphatic carbocycles. The number of rotatable bonds is 5. The number of hydrogen-bond donors (Lipinski definition) is 1. The average Bonchev–Trinajstić information content (AvgIpc) is 3.32. The molecular formula is C22H33IN4O. The molecular weight excluding hydrogens is 463 g/mol. The molecule has 2 aliphatic rings. The van der Waals surface area contributed by atoms with Crippen molar-refractivity contribution in [2.75, 3.05) is 46.3 Å². The summed E-state index contributed by atoms with van der Waals surface area (Å²) in [5.74, 6) is 2.84. The van der Waals surface area contributed by atoms with Crippen LogP contribution in [-0.2, 0) is 6.42 Å². The van der Waals surface area contributed by atoms with Crippen LogP contribution in [0.25, 0.3) is 11.0 Å². The monoisotopic (exact) mass is 496 g/mol. The minimum Gasteiger partial charge on any atom is -0.461 e. The second-order valence-electron chi connectivity index (χ2n) is 7.94. The van der Waals surface area contributed by atoms with E-state index >= 15 is 0 Å². The van der Waals surface area contributed by atoms with Crippen molar-refractivity contribution in [2.45, 2.75) is 32.1 Å². The summed E-state index contributed by atoms with van der Waals surface area (Å²) in [7, 11) is 1.89. The van der Waals surface area contributed by atoms with Gasteiger partial charge in [-0.2, -0.15) is 0 Å². The van der Waals surface area contributed by atoms with E-state index in [4.69, 9.17) is 4.42 Å². The van der Waals surface area contributed by atoms with Crippen LogP contribution < -0.4 is 5.32 Å². The van der Waals surface area contributed by atoms with E-state index in [9.17, 15) is 0 Å². The number of aliphatic imine (C=N–C) groups is 1. The van der Waals surface area contributed by atoms with Crippen LogP contribution >= 0.6 is 24.0 Å². The maximum atomic E-state index is 5.91. The number of nitrogens with zero attached hydrogens (tertiary/aromatic N) is 3. The number of para-hydroxylation sites is 1. The molecule has 0 spiro atoms. The second-order valence-corrected chi connectivity index (χ2v) is 7.94.